The highest BCUT2D eigenvalue weighted by Crippen LogP contribution is 2.33. The number of rotatable bonds is 2. The number of nitrogens with one attached hydrogen (secondary N) is 1. The van der Waals surface area contributed by atoms with Gasteiger partial charge in [-0.05, 0) is 18.2 Å². The van der Waals surface area contributed by atoms with Crippen LogP contribution in [0.2, 0.25) is 5.02 Å². The van der Waals surface area contributed by atoms with E-state index in [1.807, 2.05) is 0 Å². The molecule has 0 heterocycles. The van der Waals surface area contributed by atoms with E-state index in [-0.39, 0.29) is 16.5 Å². The van der Waals surface area contributed by atoms with Crippen molar-refractivity contribution in [3.63, 3.8) is 0 Å². The Labute approximate surface area is 100 Å². The second-order valence-electron chi connectivity index (χ2n) is 2.93. The van der Waals surface area contributed by atoms with E-state index >= 15 is 0 Å². The summed E-state index contributed by atoms with van der Waals surface area (Å²) in [6, 6.07) is 2.84. The third kappa shape index (κ3) is 3.61. The third-order valence-corrected chi connectivity index (χ3v) is 2.16. The fraction of sp³-hybridized carbons (Fsp3) is 0.222. The zero-order valence-electron chi connectivity index (χ0n) is 7.81. The largest absolute Gasteiger partial charge is 0.416 e. The molecule has 1 rings (SSSR count). The van der Waals surface area contributed by atoms with Gasteiger partial charge in [-0.2, -0.15) is 25.8 Å². The minimum Gasteiger partial charge on any atom is -0.325 e. The number of hydrogen-bond acceptors (Lipinski definition) is 2. The monoisotopic (exact) mass is 269 g/mol. The molecule has 1 aromatic rings. The second-order valence-corrected chi connectivity index (χ2v) is 3.69. The van der Waals surface area contributed by atoms with Crippen LogP contribution in [0.3, 0.4) is 0 Å². The van der Waals surface area contributed by atoms with Gasteiger partial charge in [-0.15, -0.1) is 0 Å². The van der Waals surface area contributed by atoms with Crippen LogP contribution in [-0.4, -0.2) is 11.7 Å². The summed E-state index contributed by atoms with van der Waals surface area (Å²) in [6.45, 7) is 0. The average Bonchev–Trinajstić information content (AvgIpc) is 2.15. The van der Waals surface area contributed by atoms with Crippen molar-refractivity contribution in [1.29, 1.82) is 0 Å². The van der Waals surface area contributed by atoms with Crippen molar-refractivity contribution in [3.8, 4) is 0 Å². The van der Waals surface area contributed by atoms with E-state index in [1.54, 1.807) is 0 Å². The van der Waals surface area contributed by atoms with Gasteiger partial charge in [0.1, 0.15) is 0 Å². The molecule has 0 saturated carbocycles. The zero-order valence-corrected chi connectivity index (χ0v) is 9.46. The first kappa shape index (κ1) is 13.2. The molecule has 88 valence electrons. The van der Waals surface area contributed by atoms with Gasteiger partial charge < -0.3 is 5.32 Å². The maximum absolute atomic E-state index is 12.4. The molecular weight excluding hydrogens is 263 g/mol. The van der Waals surface area contributed by atoms with Crippen molar-refractivity contribution in [2.24, 2.45) is 0 Å². The van der Waals surface area contributed by atoms with Crippen LogP contribution in [0.5, 0.6) is 0 Å². The smallest absolute Gasteiger partial charge is 0.325 e. The van der Waals surface area contributed by atoms with Crippen LogP contribution in [0.1, 0.15) is 5.56 Å². The summed E-state index contributed by atoms with van der Waals surface area (Å²) in [5.74, 6) is -0.618. The number of carbonyl (C=O) groups excluding carboxylic acids is 1. The lowest BCUT2D eigenvalue weighted by atomic mass is 10.2. The standard InChI is InChI=1S/C9H7ClF3NOS/c10-6-1-5(9(11,12)13)2-7(3-6)14-8(15)4-16/h1-3,16H,4H2,(H,14,15). The summed E-state index contributed by atoms with van der Waals surface area (Å²) in [5.41, 5.74) is -0.909. The number of hydrogen-bond donors (Lipinski definition) is 2. The van der Waals surface area contributed by atoms with E-state index in [0.29, 0.717) is 0 Å². The number of thiol groups is 1. The van der Waals surface area contributed by atoms with Crippen LogP contribution in [0.4, 0.5) is 18.9 Å². The fourth-order valence-corrected chi connectivity index (χ4v) is 1.34. The molecule has 2 nitrogen and oxygen atoms in total. The Bertz CT molecular complexity index is 408. The quantitative estimate of drug-likeness (QED) is 0.793. The molecule has 0 spiro atoms. The number of carbonyl (C=O) groups is 1. The van der Waals surface area contributed by atoms with E-state index in [4.69, 9.17) is 11.6 Å². The van der Waals surface area contributed by atoms with Crippen LogP contribution in [0.25, 0.3) is 0 Å². The van der Waals surface area contributed by atoms with Gasteiger partial charge >= 0.3 is 6.18 Å². The number of alkyl halides is 3. The van der Waals surface area contributed by atoms with Gasteiger partial charge in [0.15, 0.2) is 0 Å². The molecule has 1 amide bonds. The predicted molar refractivity (Wildman–Crippen MR) is 58.9 cm³/mol. The molecule has 0 atom stereocenters. The minimum atomic E-state index is -4.49. The van der Waals surface area contributed by atoms with Crippen LogP contribution in [-0.2, 0) is 11.0 Å². The van der Waals surface area contributed by atoms with E-state index in [9.17, 15) is 18.0 Å². The Morgan fingerprint density at radius 3 is 2.50 bits per heavy atom. The highest BCUT2D eigenvalue weighted by atomic mass is 35.5. The Balaban J connectivity index is 3.04. The molecule has 0 aliphatic heterocycles. The van der Waals surface area contributed by atoms with Gasteiger partial charge in [0, 0.05) is 10.7 Å². The molecular formula is C9H7ClF3NOS. The Morgan fingerprint density at radius 2 is 2.00 bits per heavy atom. The minimum absolute atomic E-state index is 0.00104. The SMILES string of the molecule is O=C(CS)Nc1cc(Cl)cc(C(F)(F)F)c1. The lowest BCUT2D eigenvalue weighted by Gasteiger charge is -2.10. The first-order chi connectivity index (χ1) is 7.32. The van der Waals surface area contributed by atoms with Gasteiger partial charge in [-0.25, -0.2) is 0 Å². The summed E-state index contributed by atoms with van der Waals surface area (Å²) < 4.78 is 37.1. The van der Waals surface area contributed by atoms with Crippen molar-refractivity contribution in [2.75, 3.05) is 11.1 Å². The van der Waals surface area contributed by atoms with E-state index in [2.05, 4.69) is 17.9 Å². The molecule has 0 aliphatic rings. The zero-order chi connectivity index (χ0) is 12.3. The normalized spacial score (nSPS) is 11.3. The number of halogens is 4. The molecule has 16 heavy (non-hydrogen) atoms. The molecule has 0 radical (unpaired) electrons. The molecule has 0 bridgehead atoms. The van der Waals surface area contributed by atoms with Crippen LogP contribution in [0.15, 0.2) is 18.2 Å². The average molecular weight is 270 g/mol. The molecule has 0 aliphatic carbocycles. The fourth-order valence-electron chi connectivity index (χ4n) is 1.03. The van der Waals surface area contributed by atoms with Gasteiger partial charge in [-0.1, -0.05) is 11.6 Å². The molecule has 1 aromatic carbocycles. The summed E-state index contributed by atoms with van der Waals surface area (Å²) >= 11 is 9.20. The van der Waals surface area contributed by atoms with Crippen molar-refractivity contribution < 1.29 is 18.0 Å². The van der Waals surface area contributed by atoms with E-state index < -0.39 is 17.6 Å². The van der Waals surface area contributed by atoms with Crippen molar-refractivity contribution in [3.05, 3.63) is 28.8 Å². The topological polar surface area (TPSA) is 29.1 Å². The van der Waals surface area contributed by atoms with E-state index in [0.717, 1.165) is 12.1 Å². The van der Waals surface area contributed by atoms with Crippen molar-refractivity contribution >= 4 is 35.8 Å². The Kier molecular flexibility index (Phi) is 4.09. The maximum Gasteiger partial charge on any atom is 0.416 e. The Hall–Kier alpha value is -0.880. The number of anilines is 1. The molecule has 7 heteroatoms. The first-order valence-corrected chi connectivity index (χ1v) is 5.12. The summed E-state index contributed by atoms with van der Waals surface area (Å²) in [6.07, 6.45) is -4.49. The lowest BCUT2D eigenvalue weighted by molar-refractivity contribution is -0.137. The Morgan fingerprint density at radius 1 is 1.38 bits per heavy atom. The molecule has 0 saturated heterocycles. The highest BCUT2D eigenvalue weighted by Gasteiger charge is 2.31. The van der Waals surface area contributed by atoms with Crippen LogP contribution in [0, 0.1) is 0 Å². The number of benzene rings is 1. The van der Waals surface area contributed by atoms with Gasteiger partial charge in [0.25, 0.3) is 0 Å². The first-order valence-electron chi connectivity index (χ1n) is 4.11. The van der Waals surface area contributed by atoms with Gasteiger partial charge in [0.05, 0.1) is 11.3 Å². The van der Waals surface area contributed by atoms with Gasteiger partial charge in [-0.3, -0.25) is 4.79 Å². The number of amides is 1. The van der Waals surface area contributed by atoms with Crippen LogP contribution < -0.4 is 5.32 Å². The lowest BCUT2D eigenvalue weighted by Crippen LogP contribution is -2.14. The summed E-state index contributed by atoms with van der Waals surface area (Å²) in [4.78, 5) is 10.9. The summed E-state index contributed by atoms with van der Waals surface area (Å²) in [7, 11) is 0. The third-order valence-electron chi connectivity index (χ3n) is 1.65. The predicted octanol–water partition coefficient (Wildman–Crippen LogP) is 3.23. The van der Waals surface area contributed by atoms with E-state index in [1.165, 1.54) is 6.07 Å². The van der Waals surface area contributed by atoms with Crippen molar-refractivity contribution in [1.82, 2.24) is 0 Å². The van der Waals surface area contributed by atoms with Crippen molar-refractivity contribution in [2.45, 2.75) is 6.18 Å². The van der Waals surface area contributed by atoms with Crippen LogP contribution >= 0.6 is 24.2 Å². The maximum atomic E-state index is 12.4. The molecule has 0 fully saturated rings. The molecule has 0 unspecified atom stereocenters. The van der Waals surface area contributed by atoms with Gasteiger partial charge in [0.2, 0.25) is 5.91 Å². The molecule has 0 aromatic heterocycles. The highest BCUT2D eigenvalue weighted by molar-refractivity contribution is 7.81. The molecule has 1 N–H and O–H groups in total. The summed E-state index contributed by atoms with van der Waals surface area (Å²) in [5, 5.41) is 2.15. The second kappa shape index (κ2) is 4.97.